The van der Waals surface area contributed by atoms with Crippen LogP contribution in [0.2, 0.25) is 0 Å². The third kappa shape index (κ3) is 8.10. The molecule has 0 aliphatic rings. The summed E-state index contributed by atoms with van der Waals surface area (Å²) in [6.45, 7) is 1.52. The van der Waals surface area contributed by atoms with Crippen LogP contribution in [0.1, 0.15) is 17.5 Å². The largest absolute Gasteiger partial charge is 0.493 e. The lowest BCUT2D eigenvalue weighted by molar-refractivity contribution is -0.147. The number of carbonyl (C=O) groups is 2. The van der Waals surface area contributed by atoms with Gasteiger partial charge >= 0.3 is 12.1 Å². The molecule has 0 fully saturated rings. The van der Waals surface area contributed by atoms with Crippen molar-refractivity contribution in [1.29, 1.82) is 0 Å². The first-order valence-corrected chi connectivity index (χ1v) is 9.67. The number of benzene rings is 2. The van der Waals surface area contributed by atoms with Crippen LogP contribution in [0.5, 0.6) is 11.5 Å². The molecule has 0 aliphatic carbocycles. The summed E-state index contributed by atoms with van der Waals surface area (Å²) >= 11 is 0. The molecule has 0 spiro atoms. The van der Waals surface area contributed by atoms with Gasteiger partial charge in [0.05, 0.1) is 30.9 Å². The molecule has 1 N–H and O–H groups in total. The van der Waals surface area contributed by atoms with Crippen molar-refractivity contribution in [3.8, 4) is 11.5 Å². The summed E-state index contributed by atoms with van der Waals surface area (Å²) in [5.74, 6) is -0.839. The number of ether oxygens (including phenoxy) is 4. The molecule has 10 heteroatoms. The van der Waals surface area contributed by atoms with Crippen LogP contribution in [-0.4, -0.2) is 45.4 Å². The van der Waals surface area contributed by atoms with E-state index in [1.165, 1.54) is 7.11 Å². The van der Waals surface area contributed by atoms with Gasteiger partial charge in [-0.2, -0.15) is 13.2 Å². The molecular formula is C22H24F3NO6. The van der Waals surface area contributed by atoms with Crippen molar-refractivity contribution in [2.24, 2.45) is 0 Å². The Morgan fingerprint density at radius 3 is 2.38 bits per heavy atom. The number of alkyl halides is 3. The van der Waals surface area contributed by atoms with E-state index in [9.17, 15) is 22.8 Å². The second kappa shape index (κ2) is 11.9. The number of aryl methyl sites for hydroxylation is 1. The quantitative estimate of drug-likeness (QED) is 0.408. The average molecular weight is 455 g/mol. The summed E-state index contributed by atoms with van der Waals surface area (Å²) in [5.41, 5.74) is -0.248. The fourth-order valence-electron chi connectivity index (χ4n) is 2.53. The lowest BCUT2D eigenvalue weighted by atomic mass is 10.1. The van der Waals surface area contributed by atoms with E-state index in [4.69, 9.17) is 18.9 Å². The van der Waals surface area contributed by atoms with Crippen LogP contribution in [0.25, 0.3) is 0 Å². The number of methoxy groups -OCH3 is 1. The van der Waals surface area contributed by atoms with Crippen molar-refractivity contribution >= 4 is 17.6 Å². The van der Waals surface area contributed by atoms with E-state index < -0.39 is 30.2 Å². The van der Waals surface area contributed by atoms with E-state index in [1.54, 1.807) is 12.1 Å². The molecule has 0 atom stereocenters. The van der Waals surface area contributed by atoms with Gasteiger partial charge in [-0.25, -0.2) is 0 Å². The summed E-state index contributed by atoms with van der Waals surface area (Å²) in [7, 11) is 1.44. The number of rotatable bonds is 11. The first kappa shape index (κ1) is 25.0. The number of halogens is 3. The number of carbonyl (C=O) groups excluding carboxylic acids is 2. The minimum atomic E-state index is -4.60. The standard InChI is InChI=1S/C22H24F3NO6/c1-15-5-3-4-6-18(15)30-10-9-21(28)32-14-20(27)26-17-13-16(22(23,24)25)7-8-19(17)31-12-11-29-2/h3-8,13H,9-12,14H2,1-2H3,(H,26,27). The number of hydrogen-bond acceptors (Lipinski definition) is 6. The Labute approximate surface area is 183 Å². The van der Waals surface area contributed by atoms with E-state index in [0.717, 1.165) is 23.8 Å². The number of hydrogen-bond donors (Lipinski definition) is 1. The van der Waals surface area contributed by atoms with Crippen LogP contribution >= 0.6 is 0 Å². The highest BCUT2D eigenvalue weighted by Gasteiger charge is 2.31. The van der Waals surface area contributed by atoms with Gasteiger partial charge in [0.25, 0.3) is 5.91 Å². The highest BCUT2D eigenvalue weighted by Crippen LogP contribution is 2.35. The molecule has 174 valence electrons. The summed E-state index contributed by atoms with van der Waals surface area (Å²) < 4.78 is 59.6. The number of nitrogens with one attached hydrogen (secondary N) is 1. The van der Waals surface area contributed by atoms with Crippen molar-refractivity contribution in [2.45, 2.75) is 19.5 Å². The second-order valence-corrected chi connectivity index (χ2v) is 6.62. The normalized spacial score (nSPS) is 11.0. The molecule has 0 saturated heterocycles. The van der Waals surface area contributed by atoms with Crippen molar-refractivity contribution < 1.29 is 41.7 Å². The predicted molar refractivity (Wildman–Crippen MR) is 110 cm³/mol. The van der Waals surface area contributed by atoms with Crippen LogP contribution in [0.15, 0.2) is 42.5 Å². The topological polar surface area (TPSA) is 83.1 Å². The Morgan fingerprint density at radius 1 is 0.969 bits per heavy atom. The number of anilines is 1. The van der Waals surface area contributed by atoms with Gasteiger partial charge in [0, 0.05) is 7.11 Å². The molecule has 7 nitrogen and oxygen atoms in total. The highest BCUT2D eigenvalue weighted by molar-refractivity contribution is 5.94. The molecule has 0 aromatic heterocycles. The van der Waals surface area contributed by atoms with Crippen molar-refractivity contribution in [2.75, 3.05) is 38.9 Å². The summed E-state index contributed by atoms with van der Waals surface area (Å²) in [6, 6.07) is 9.96. The van der Waals surface area contributed by atoms with Gasteiger partial charge in [0.2, 0.25) is 0 Å². The Balaban J connectivity index is 1.88. The SMILES string of the molecule is COCCOc1ccc(C(F)(F)F)cc1NC(=O)COC(=O)CCOc1ccccc1C. The van der Waals surface area contributed by atoms with Gasteiger partial charge in [-0.1, -0.05) is 18.2 Å². The van der Waals surface area contributed by atoms with E-state index in [1.807, 2.05) is 19.1 Å². The summed E-state index contributed by atoms with van der Waals surface area (Å²) in [5, 5.41) is 2.28. The Bertz CT molecular complexity index is 917. The van der Waals surface area contributed by atoms with E-state index in [-0.39, 0.29) is 37.7 Å². The van der Waals surface area contributed by atoms with Crippen LogP contribution in [-0.2, 0) is 25.2 Å². The molecule has 32 heavy (non-hydrogen) atoms. The highest BCUT2D eigenvalue weighted by atomic mass is 19.4. The minimum absolute atomic E-state index is 0.0290. The maximum absolute atomic E-state index is 13.0. The Morgan fingerprint density at radius 2 is 1.69 bits per heavy atom. The molecule has 1 amide bonds. The molecule has 0 bridgehead atoms. The van der Waals surface area contributed by atoms with Gasteiger partial charge in [-0.3, -0.25) is 9.59 Å². The van der Waals surface area contributed by atoms with Crippen LogP contribution in [0, 0.1) is 6.92 Å². The van der Waals surface area contributed by atoms with Gasteiger partial charge in [-0.05, 0) is 36.8 Å². The molecular weight excluding hydrogens is 431 g/mol. The lowest BCUT2D eigenvalue weighted by Gasteiger charge is -2.15. The molecule has 2 aromatic carbocycles. The number of esters is 1. The molecule has 0 heterocycles. The van der Waals surface area contributed by atoms with Crippen molar-refractivity contribution in [3.63, 3.8) is 0 Å². The molecule has 2 rings (SSSR count). The van der Waals surface area contributed by atoms with E-state index in [0.29, 0.717) is 5.75 Å². The Hall–Kier alpha value is -3.27. The molecule has 0 radical (unpaired) electrons. The first-order valence-electron chi connectivity index (χ1n) is 9.67. The smallest absolute Gasteiger partial charge is 0.416 e. The third-order valence-electron chi connectivity index (χ3n) is 4.15. The average Bonchev–Trinajstić information content (AvgIpc) is 2.74. The van der Waals surface area contributed by atoms with Gasteiger partial charge in [0.15, 0.2) is 6.61 Å². The van der Waals surface area contributed by atoms with Gasteiger partial charge < -0.3 is 24.3 Å². The van der Waals surface area contributed by atoms with Crippen LogP contribution in [0.4, 0.5) is 18.9 Å². The van der Waals surface area contributed by atoms with Crippen molar-refractivity contribution in [1.82, 2.24) is 0 Å². The lowest BCUT2D eigenvalue weighted by Crippen LogP contribution is -2.22. The third-order valence-corrected chi connectivity index (χ3v) is 4.15. The predicted octanol–water partition coefficient (Wildman–Crippen LogP) is 3.99. The molecule has 0 saturated carbocycles. The van der Waals surface area contributed by atoms with E-state index in [2.05, 4.69) is 5.32 Å². The zero-order valence-corrected chi connectivity index (χ0v) is 17.7. The van der Waals surface area contributed by atoms with Crippen molar-refractivity contribution in [3.05, 3.63) is 53.6 Å². The summed E-state index contributed by atoms with van der Waals surface area (Å²) in [4.78, 5) is 24.0. The number of amides is 1. The maximum Gasteiger partial charge on any atom is 0.416 e. The fraction of sp³-hybridized carbons (Fsp3) is 0.364. The zero-order chi connectivity index (χ0) is 23.6. The Kier molecular flexibility index (Phi) is 9.33. The number of para-hydroxylation sites is 1. The first-order chi connectivity index (χ1) is 15.2. The van der Waals surface area contributed by atoms with Gasteiger partial charge in [0.1, 0.15) is 18.1 Å². The summed E-state index contributed by atoms with van der Waals surface area (Å²) in [6.07, 6.45) is -4.70. The molecule has 0 aliphatic heterocycles. The van der Waals surface area contributed by atoms with E-state index >= 15 is 0 Å². The van der Waals surface area contributed by atoms with Crippen LogP contribution < -0.4 is 14.8 Å². The fourth-order valence-corrected chi connectivity index (χ4v) is 2.53. The second-order valence-electron chi connectivity index (χ2n) is 6.62. The molecule has 2 aromatic rings. The van der Waals surface area contributed by atoms with Gasteiger partial charge in [-0.15, -0.1) is 0 Å². The minimum Gasteiger partial charge on any atom is -0.493 e. The molecule has 0 unspecified atom stereocenters. The zero-order valence-electron chi connectivity index (χ0n) is 17.7. The van der Waals surface area contributed by atoms with Crippen LogP contribution in [0.3, 0.4) is 0 Å². The maximum atomic E-state index is 13.0. The monoisotopic (exact) mass is 455 g/mol.